The third kappa shape index (κ3) is 12.5. The highest BCUT2D eigenvalue weighted by molar-refractivity contribution is 5.98. The van der Waals surface area contributed by atoms with Crippen molar-refractivity contribution in [2.24, 2.45) is 16.5 Å². The van der Waals surface area contributed by atoms with Gasteiger partial charge in [0.1, 0.15) is 29.9 Å². The Balaban J connectivity index is 2.45. The lowest BCUT2D eigenvalue weighted by molar-refractivity contribution is -0.141. The molecule has 5 amide bonds. The Labute approximate surface area is 254 Å². The number of hydrogen-bond donors (Lipinski definition) is 9. The molecule has 242 valence electrons. The molecule has 1 saturated heterocycles. The molecule has 4 atom stereocenters. The van der Waals surface area contributed by atoms with Gasteiger partial charge in [-0.25, -0.2) is 0 Å². The van der Waals surface area contributed by atoms with Crippen molar-refractivity contribution in [2.45, 2.75) is 82.5 Å². The van der Waals surface area contributed by atoms with E-state index in [0.29, 0.717) is 18.4 Å². The molecule has 0 spiro atoms. The number of nitrogens with two attached hydrogens (primary N) is 2. The summed E-state index contributed by atoms with van der Waals surface area (Å²) < 4.78 is 0. The third-order valence-electron chi connectivity index (χ3n) is 6.77. The van der Waals surface area contributed by atoms with Crippen molar-refractivity contribution >= 4 is 41.5 Å². The van der Waals surface area contributed by atoms with Gasteiger partial charge in [0.05, 0.1) is 13.0 Å². The standard InChI is InChI=1S/C28H42N8O8/c1-2-3-4-6-19-25(42)34-18(7-5-12-31-28(29)30)24(41)32-15-22(38)33-21(14-23(39)40)27(44)36-20(26(43)35-19)13-16-8-10-17(37)11-9-16/h8-11,18-21,37H,2-7,12-15H2,1H3,(H,32,41)(H,33,38)(H,34,42)(H,35,43)(H,36,44)(H,39,40)(H4,29,30,31)/t18-,19?,20+,21-/m0/s1. The second-order valence-electron chi connectivity index (χ2n) is 10.4. The van der Waals surface area contributed by atoms with E-state index in [9.17, 15) is 39.0 Å². The van der Waals surface area contributed by atoms with Crippen LogP contribution in [0, 0.1) is 0 Å². The number of phenols is 1. The van der Waals surface area contributed by atoms with E-state index in [-0.39, 0.29) is 37.5 Å². The summed E-state index contributed by atoms with van der Waals surface area (Å²) in [4.78, 5) is 81.3. The van der Waals surface area contributed by atoms with Crippen LogP contribution in [0.2, 0.25) is 0 Å². The van der Waals surface area contributed by atoms with Gasteiger partial charge >= 0.3 is 5.97 Å². The van der Waals surface area contributed by atoms with Crippen LogP contribution in [0.15, 0.2) is 29.3 Å². The fraction of sp³-hybridized carbons (Fsp3) is 0.536. The highest BCUT2D eigenvalue weighted by Gasteiger charge is 2.33. The second-order valence-corrected chi connectivity index (χ2v) is 10.4. The van der Waals surface area contributed by atoms with Crippen LogP contribution >= 0.6 is 0 Å². The zero-order valence-electron chi connectivity index (χ0n) is 24.6. The molecule has 1 aromatic rings. The van der Waals surface area contributed by atoms with Gasteiger partial charge in [-0.2, -0.15) is 0 Å². The number of unbranched alkanes of at least 4 members (excludes halogenated alkanes) is 2. The normalized spacial score (nSPS) is 21.8. The number of aromatic hydroxyl groups is 1. The molecule has 2 rings (SSSR count). The predicted octanol–water partition coefficient (Wildman–Crippen LogP) is -1.89. The molecule has 44 heavy (non-hydrogen) atoms. The fourth-order valence-electron chi connectivity index (χ4n) is 4.45. The number of aliphatic imine (C=N–C) groups is 1. The molecule has 1 unspecified atom stereocenters. The van der Waals surface area contributed by atoms with Crippen LogP contribution in [-0.4, -0.2) is 88.9 Å². The van der Waals surface area contributed by atoms with E-state index in [4.69, 9.17) is 11.5 Å². The summed E-state index contributed by atoms with van der Waals surface area (Å²) >= 11 is 0. The van der Waals surface area contributed by atoms with Crippen LogP contribution in [0.1, 0.15) is 57.4 Å². The Kier molecular flexibility index (Phi) is 14.4. The smallest absolute Gasteiger partial charge is 0.305 e. The van der Waals surface area contributed by atoms with Crippen LogP contribution in [0.4, 0.5) is 0 Å². The number of rotatable bonds is 12. The average molecular weight is 619 g/mol. The van der Waals surface area contributed by atoms with E-state index in [2.05, 4.69) is 31.6 Å². The lowest BCUT2D eigenvalue weighted by Crippen LogP contribution is -2.58. The molecule has 0 radical (unpaired) electrons. The summed E-state index contributed by atoms with van der Waals surface area (Å²) in [7, 11) is 0. The zero-order valence-corrected chi connectivity index (χ0v) is 24.6. The third-order valence-corrected chi connectivity index (χ3v) is 6.77. The Morgan fingerprint density at radius 1 is 0.818 bits per heavy atom. The lowest BCUT2D eigenvalue weighted by atomic mass is 10.0. The van der Waals surface area contributed by atoms with Crippen molar-refractivity contribution < 1.29 is 39.0 Å². The number of carboxylic acids is 1. The summed E-state index contributed by atoms with van der Waals surface area (Å²) in [6.07, 6.45) is 1.91. The molecule has 1 fully saturated rings. The van der Waals surface area contributed by atoms with Gasteiger partial charge in [-0.3, -0.25) is 33.8 Å². The minimum atomic E-state index is -1.58. The van der Waals surface area contributed by atoms with Crippen molar-refractivity contribution in [3.63, 3.8) is 0 Å². The van der Waals surface area contributed by atoms with E-state index < -0.39 is 72.6 Å². The highest BCUT2D eigenvalue weighted by atomic mass is 16.4. The zero-order chi connectivity index (χ0) is 32.6. The first-order chi connectivity index (χ1) is 20.9. The Bertz CT molecular complexity index is 1200. The maximum atomic E-state index is 13.6. The molecule has 1 aliphatic rings. The van der Waals surface area contributed by atoms with Crippen molar-refractivity contribution in [1.82, 2.24) is 26.6 Å². The highest BCUT2D eigenvalue weighted by Crippen LogP contribution is 2.13. The van der Waals surface area contributed by atoms with Gasteiger partial charge in [0.2, 0.25) is 29.5 Å². The van der Waals surface area contributed by atoms with E-state index in [0.717, 1.165) is 12.8 Å². The number of guanidine groups is 1. The number of nitrogens with one attached hydrogen (secondary N) is 5. The van der Waals surface area contributed by atoms with Gasteiger partial charge in [-0.05, 0) is 37.0 Å². The van der Waals surface area contributed by atoms with Crippen molar-refractivity contribution in [2.75, 3.05) is 13.1 Å². The van der Waals surface area contributed by atoms with E-state index >= 15 is 0 Å². The molecule has 16 heteroatoms. The Hall–Kier alpha value is -4.89. The van der Waals surface area contributed by atoms with Crippen LogP contribution in [0.3, 0.4) is 0 Å². The van der Waals surface area contributed by atoms with Gasteiger partial charge in [0, 0.05) is 13.0 Å². The lowest BCUT2D eigenvalue weighted by Gasteiger charge is -2.26. The summed E-state index contributed by atoms with van der Waals surface area (Å²) in [5.41, 5.74) is 11.3. The number of nitrogens with zero attached hydrogens (tertiary/aromatic N) is 1. The van der Waals surface area contributed by atoms with Gasteiger partial charge in [0.25, 0.3) is 0 Å². The summed E-state index contributed by atoms with van der Waals surface area (Å²) in [5.74, 6) is -5.47. The molecule has 1 aliphatic heterocycles. The molecule has 0 aromatic heterocycles. The number of benzene rings is 1. The number of carbonyl (C=O) groups is 6. The van der Waals surface area contributed by atoms with Crippen LogP contribution in [-0.2, 0) is 35.2 Å². The summed E-state index contributed by atoms with van der Waals surface area (Å²) in [6.45, 7) is 1.53. The van der Waals surface area contributed by atoms with Gasteiger partial charge in [-0.15, -0.1) is 0 Å². The Morgan fingerprint density at radius 3 is 2.00 bits per heavy atom. The first kappa shape index (κ1) is 35.3. The molecule has 1 aromatic carbocycles. The van der Waals surface area contributed by atoms with Crippen molar-refractivity contribution in [1.29, 1.82) is 0 Å². The first-order valence-electron chi connectivity index (χ1n) is 14.4. The second kappa shape index (κ2) is 17.9. The predicted molar refractivity (Wildman–Crippen MR) is 159 cm³/mol. The van der Waals surface area contributed by atoms with Crippen molar-refractivity contribution in [3.8, 4) is 5.75 Å². The fourth-order valence-corrected chi connectivity index (χ4v) is 4.45. The monoisotopic (exact) mass is 618 g/mol. The van der Waals surface area contributed by atoms with Crippen molar-refractivity contribution in [3.05, 3.63) is 29.8 Å². The summed E-state index contributed by atoms with van der Waals surface area (Å²) in [5, 5.41) is 31.5. The molecule has 0 bridgehead atoms. The van der Waals surface area contributed by atoms with E-state index in [1.807, 2.05) is 6.92 Å². The molecule has 0 aliphatic carbocycles. The maximum Gasteiger partial charge on any atom is 0.305 e. The first-order valence-corrected chi connectivity index (χ1v) is 14.4. The number of carboxylic acid groups (broad SMARTS) is 1. The number of hydrogen-bond acceptors (Lipinski definition) is 8. The number of phenolic OH excluding ortho intramolecular Hbond substituents is 1. The number of amides is 5. The van der Waals surface area contributed by atoms with E-state index in [1.54, 1.807) is 0 Å². The largest absolute Gasteiger partial charge is 0.508 e. The van der Waals surface area contributed by atoms with Gasteiger partial charge < -0.3 is 48.3 Å². The topological polar surface area (TPSA) is 267 Å². The maximum absolute atomic E-state index is 13.6. The quantitative estimate of drug-likeness (QED) is 0.0714. The van der Waals surface area contributed by atoms with Gasteiger partial charge in [0.15, 0.2) is 5.96 Å². The average Bonchev–Trinajstić information content (AvgIpc) is 2.96. The van der Waals surface area contributed by atoms with Crippen LogP contribution in [0.5, 0.6) is 5.75 Å². The molecular formula is C28H42N8O8. The molecular weight excluding hydrogens is 576 g/mol. The molecule has 1 heterocycles. The minimum absolute atomic E-state index is 0.0165. The van der Waals surface area contributed by atoms with Gasteiger partial charge in [-0.1, -0.05) is 38.3 Å². The van der Waals surface area contributed by atoms with Crippen LogP contribution in [0.25, 0.3) is 0 Å². The summed E-state index contributed by atoms with van der Waals surface area (Å²) in [6, 6.07) is 0.798. The minimum Gasteiger partial charge on any atom is -0.508 e. The molecule has 16 nitrogen and oxygen atoms in total. The number of aliphatic carboxylic acids is 1. The van der Waals surface area contributed by atoms with E-state index in [1.165, 1.54) is 24.3 Å². The number of carbonyl (C=O) groups excluding carboxylic acids is 5. The van der Waals surface area contributed by atoms with Crippen LogP contribution < -0.4 is 38.1 Å². The Morgan fingerprint density at radius 2 is 1.39 bits per heavy atom. The molecule has 0 saturated carbocycles. The molecule has 11 N–H and O–H groups in total. The SMILES string of the molecule is CCCCCC1NC(=O)[C@@H](Cc2ccc(O)cc2)NC(=O)[C@H](CC(=O)O)NC(=O)CNC(=O)[C@H](CCCN=C(N)N)NC1=O.